The highest BCUT2D eigenvalue weighted by molar-refractivity contribution is 5.69. The molecule has 1 saturated carbocycles. The molecule has 3 nitrogen and oxygen atoms in total. The number of rotatable bonds is 0. The van der Waals surface area contributed by atoms with Crippen LogP contribution in [0.3, 0.4) is 0 Å². The Balaban J connectivity index is 2.12. The Hall–Kier alpha value is -0.990. The van der Waals surface area contributed by atoms with E-state index in [-0.39, 0.29) is 6.09 Å². The highest BCUT2D eigenvalue weighted by Crippen LogP contribution is 2.34. The predicted octanol–water partition coefficient (Wildman–Crippen LogP) is 1.75. The van der Waals surface area contributed by atoms with Crippen LogP contribution in [0, 0.1) is 5.92 Å². The van der Waals surface area contributed by atoms with Crippen LogP contribution >= 0.6 is 0 Å². The molecule has 0 saturated heterocycles. The van der Waals surface area contributed by atoms with Gasteiger partial charge < -0.3 is 4.74 Å². The second-order valence-corrected chi connectivity index (χ2v) is 3.45. The normalized spacial score (nSPS) is 32.2. The zero-order valence-electron chi connectivity index (χ0n) is 7.19. The van der Waals surface area contributed by atoms with Crippen LogP contribution in [0.5, 0.6) is 0 Å². The number of carbonyl (C=O) groups excluding carboxylic acids is 1. The first-order chi connectivity index (χ1) is 5.81. The van der Waals surface area contributed by atoms with E-state index in [1.807, 2.05) is 6.20 Å². The summed E-state index contributed by atoms with van der Waals surface area (Å²) >= 11 is 0. The Kier molecular flexibility index (Phi) is 1.79. The molecule has 0 spiro atoms. The zero-order chi connectivity index (χ0) is 8.55. The first-order valence-electron chi connectivity index (χ1n) is 4.36. The Morgan fingerprint density at radius 2 is 2.42 bits per heavy atom. The molecule has 2 atom stereocenters. The Morgan fingerprint density at radius 1 is 1.58 bits per heavy atom. The van der Waals surface area contributed by atoms with Gasteiger partial charge in [-0.3, -0.25) is 4.90 Å². The van der Waals surface area contributed by atoms with Gasteiger partial charge in [0.15, 0.2) is 0 Å². The van der Waals surface area contributed by atoms with Gasteiger partial charge in [0.05, 0.1) is 7.11 Å². The summed E-state index contributed by atoms with van der Waals surface area (Å²) in [6, 6.07) is 0.396. The lowest BCUT2D eigenvalue weighted by molar-refractivity contribution is 0.124. The van der Waals surface area contributed by atoms with Gasteiger partial charge in [0, 0.05) is 12.2 Å². The van der Waals surface area contributed by atoms with Gasteiger partial charge in [0.25, 0.3) is 0 Å². The van der Waals surface area contributed by atoms with Gasteiger partial charge in [-0.15, -0.1) is 0 Å². The van der Waals surface area contributed by atoms with E-state index in [0.29, 0.717) is 12.0 Å². The molecule has 0 aromatic rings. The van der Waals surface area contributed by atoms with Crippen LogP contribution in [0.1, 0.15) is 19.3 Å². The first kappa shape index (κ1) is 7.65. The molecule has 1 aliphatic carbocycles. The molecule has 1 heterocycles. The van der Waals surface area contributed by atoms with Crippen molar-refractivity contribution in [3.63, 3.8) is 0 Å². The smallest absolute Gasteiger partial charge is 0.413 e. The summed E-state index contributed by atoms with van der Waals surface area (Å²) in [6.07, 6.45) is 7.21. The molecule has 1 fully saturated rings. The summed E-state index contributed by atoms with van der Waals surface area (Å²) in [4.78, 5) is 12.9. The average Bonchev–Trinajstić information content (AvgIpc) is 2.47. The van der Waals surface area contributed by atoms with Gasteiger partial charge in [0.2, 0.25) is 0 Å². The Labute approximate surface area is 72.0 Å². The second-order valence-electron chi connectivity index (χ2n) is 3.45. The zero-order valence-corrected chi connectivity index (χ0v) is 7.19. The molecular formula is C9H13NO2. The molecule has 2 unspecified atom stereocenters. The summed E-state index contributed by atoms with van der Waals surface area (Å²) in [5.74, 6) is 0.705. The highest BCUT2D eigenvalue weighted by atomic mass is 16.5. The van der Waals surface area contributed by atoms with Crippen molar-refractivity contribution < 1.29 is 9.53 Å². The van der Waals surface area contributed by atoms with Gasteiger partial charge in [-0.05, 0) is 25.2 Å². The molecule has 12 heavy (non-hydrogen) atoms. The Bertz CT molecular complexity index is 225. The van der Waals surface area contributed by atoms with Gasteiger partial charge in [0.1, 0.15) is 0 Å². The monoisotopic (exact) mass is 167 g/mol. The minimum atomic E-state index is -0.225. The molecule has 0 radical (unpaired) electrons. The van der Waals surface area contributed by atoms with E-state index in [1.165, 1.54) is 13.5 Å². The van der Waals surface area contributed by atoms with Crippen LogP contribution in [-0.4, -0.2) is 24.1 Å². The third kappa shape index (κ3) is 1.09. The molecule has 0 aromatic carbocycles. The van der Waals surface area contributed by atoms with Crippen molar-refractivity contribution in [2.24, 2.45) is 5.92 Å². The quantitative estimate of drug-likeness (QED) is 0.550. The molecule has 0 N–H and O–H groups in total. The number of carbonyl (C=O) groups is 1. The molecule has 2 rings (SSSR count). The van der Waals surface area contributed by atoms with Crippen molar-refractivity contribution in [1.29, 1.82) is 0 Å². The number of allylic oxidation sites excluding steroid dienone is 1. The molecular weight excluding hydrogens is 154 g/mol. The van der Waals surface area contributed by atoms with E-state index in [4.69, 9.17) is 0 Å². The maximum absolute atomic E-state index is 11.2. The van der Waals surface area contributed by atoms with Crippen LogP contribution in [0.2, 0.25) is 0 Å². The van der Waals surface area contributed by atoms with Crippen LogP contribution in [0.4, 0.5) is 4.79 Å². The molecule has 66 valence electrons. The molecule has 3 heteroatoms. The van der Waals surface area contributed by atoms with E-state index in [2.05, 4.69) is 10.8 Å². The number of fused-ring (bicyclic) bond motifs is 2. The Morgan fingerprint density at radius 3 is 3.17 bits per heavy atom. The number of hydrogen-bond acceptors (Lipinski definition) is 2. The van der Waals surface area contributed by atoms with Crippen molar-refractivity contribution in [2.75, 3.05) is 7.11 Å². The summed E-state index contributed by atoms with van der Waals surface area (Å²) < 4.78 is 4.68. The lowest BCUT2D eigenvalue weighted by Crippen LogP contribution is -2.35. The number of methoxy groups -OCH3 is 1. The fraction of sp³-hybridized carbons (Fsp3) is 0.667. The lowest BCUT2D eigenvalue weighted by atomic mass is 10.1. The van der Waals surface area contributed by atoms with Crippen LogP contribution in [-0.2, 0) is 4.74 Å². The van der Waals surface area contributed by atoms with Gasteiger partial charge in [-0.25, -0.2) is 4.79 Å². The molecule has 1 amide bonds. The third-order valence-electron chi connectivity index (χ3n) is 2.74. The summed E-state index contributed by atoms with van der Waals surface area (Å²) in [5, 5.41) is 0. The molecule has 1 aliphatic heterocycles. The maximum atomic E-state index is 11.2. The number of amides is 1. The SMILES string of the molecule is COC(=O)N1C=CC2CCC1C2. The van der Waals surface area contributed by atoms with Crippen LogP contribution in [0.15, 0.2) is 12.3 Å². The van der Waals surface area contributed by atoms with E-state index in [1.54, 1.807) is 4.90 Å². The van der Waals surface area contributed by atoms with Gasteiger partial charge >= 0.3 is 6.09 Å². The third-order valence-corrected chi connectivity index (χ3v) is 2.74. The fourth-order valence-electron chi connectivity index (χ4n) is 2.07. The predicted molar refractivity (Wildman–Crippen MR) is 44.5 cm³/mol. The largest absolute Gasteiger partial charge is 0.452 e. The maximum Gasteiger partial charge on any atom is 0.413 e. The summed E-state index contributed by atoms with van der Waals surface area (Å²) in [6.45, 7) is 0. The number of hydrogen-bond donors (Lipinski definition) is 0. The highest BCUT2D eigenvalue weighted by Gasteiger charge is 2.33. The lowest BCUT2D eigenvalue weighted by Gasteiger charge is -2.26. The summed E-state index contributed by atoms with van der Waals surface area (Å²) in [7, 11) is 1.43. The van der Waals surface area contributed by atoms with Crippen molar-refractivity contribution in [3.8, 4) is 0 Å². The second kappa shape index (κ2) is 2.81. The van der Waals surface area contributed by atoms with E-state index >= 15 is 0 Å². The van der Waals surface area contributed by atoms with Crippen molar-refractivity contribution >= 4 is 6.09 Å². The fourth-order valence-corrected chi connectivity index (χ4v) is 2.07. The van der Waals surface area contributed by atoms with E-state index in [9.17, 15) is 4.79 Å². The number of nitrogens with zero attached hydrogens (tertiary/aromatic N) is 1. The van der Waals surface area contributed by atoms with Gasteiger partial charge in [-0.1, -0.05) is 6.08 Å². The minimum Gasteiger partial charge on any atom is -0.452 e. The molecule has 2 aliphatic rings. The van der Waals surface area contributed by atoms with Crippen molar-refractivity contribution in [1.82, 2.24) is 4.90 Å². The molecule has 2 bridgehead atoms. The van der Waals surface area contributed by atoms with E-state index in [0.717, 1.165) is 12.8 Å². The van der Waals surface area contributed by atoms with Crippen LogP contribution in [0.25, 0.3) is 0 Å². The minimum absolute atomic E-state index is 0.225. The standard InChI is InChI=1S/C9H13NO2/c1-12-9(11)10-5-4-7-2-3-8(10)6-7/h4-5,7-8H,2-3,6H2,1H3. The topological polar surface area (TPSA) is 29.5 Å². The summed E-state index contributed by atoms with van der Waals surface area (Å²) in [5.41, 5.74) is 0. The van der Waals surface area contributed by atoms with Crippen LogP contribution < -0.4 is 0 Å². The van der Waals surface area contributed by atoms with Crippen molar-refractivity contribution in [2.45, 2.75) is 25.3 Å². The van der Waals surface area contributed by atoms with E-state index < -0.39 is 0 Å². The van der Waals surface area contributed by atoms with Crippen molar-refractivity contribution in [3.05, 3.63) is 12.3 Å². The first-order valence-corrected chi connectivity index (χ1v) is 4.36. The average molecular weight is 167 g/mol. The molecule has 0 aromatic heterocycles. The number of ether oxygens (including phenoxy) is 1. The van der Waals surface area contributed by atoms with Gasteiger partial charge in [-0.2, -0.15) is 0 Å².